The molecule has 0 amide bonds. The molecular formula is C12H19FN2O. The summed E-state index contributed by atoms with van der Waals surface area (Å²) < 4.78 is 12.9. The van der Waals surface area contributed by atoms with E-state index in [0.29, 0.717) is 12.1 Å². The van der Waals surface area contributed by atoms with Crippen molar-refractivity contribution in [3.8, 4) is 0 Å². The molecule has 90 valence electrons. The van der Waals surface area contributed by atoms with Crippen LogP contribution in [0.15, 0.2) is 24.3 Å². The third-order valence-electron chi connectivity index (χ3n) is 2.31. The number of benzene rings is 1. The summed E-state index contributed by atoms with van der Waals surface area (Å²) in [6.07, 6.45) is -0.655. The highest BCUT2D eigenvalue weighted by atomic mass is 19.1. The predicted octanol–water partition coefficient (Wildman–Crippen LogP) is 1.01. The SMILES string of the molecule is CN(C)CCNCC(O)c1cccc(F)c1. The number of nitrogens with one attached hydrogen (secondary N) is 1. The second kappa shape index (κ2) is 6.58. The topological polar surface area (TPSA) is 35.5 Å². The fraction of sp³-hybridized carbons (Fsp3) is 0.500. The van der Waals surface area contributed by atoms with Crippen molar-refractivity contribution in [2.45, 2.75) is 6.10 Å². The van der Waals surface area contributed by atoms with Crippen LogP contribution in [0.3, 0.4) is 0 Å². The molecule has 0 radical (unpaired) electrons. The molecule has 1 rings (SSSR count). The van der Waals surface area contributed by atoms with Gasteiger partial charge in [0.15, 0.2) is 0 Å². The molecule has 0 fully saturated rings. The molecule has 1 aromatic rings. The first kappa shape index (κ1) is 13.1. The molecule has 0 heterocycles. The van der Waals surface area contributed by atoms with Crippen molar-refractivity contribution in [1.29, 1.82) is 0 Å². The van der Waals surface area contributed by atoms with Gasteiger partial charge in [-0.2, -0.15) is 0 Å². The molecule has 1 unspecified atom stereocenters. The highest BCUT2D eigenvalue weighted by molar-refractivity contribution is 5.18. The van der Waals surface area contributed by atoms with Crippen molar-refractivity contribution in [2.24, 2.45) is 0 Å². The van der Waals surface area contributed by atoms with E-state index >= 15 is 0 Å². The monoisotopic (exact) mass is 226 g/mol. The van der Waals surface area contributed by atoms with Crippen molar-refractivity contribution in [1.82, 2.24) is 10.2 Å². The lowest BCUT2D eigenvalue weighted by atomic mass is 10.1. The van der Waals surface area contributed by atoms with Gasteiger partial charge in [0, 0.05) is 19.6 Å². The molecule has 1 aromatic carbocycles. The second-order valence-corrected chi connectivity index (χ2v) is 4.08. The third kappa shape index (κ3) is 4.70. The predicted molar refractivity (Wildman–Crippen MR) is 62.8 cm³/mol. The number of aliphatic hydroxyl groups is 1. The summed E-state index contributed by atoms with van der Waals surface area (Å²) in [5, 5.41) is 12.9. The Balaban J connectivity index is 2.32. The minimum Gasteiger partial charge on any atom is -0.387 e. The Morgan fingerprint density at radius 2 is 2.19 bits per heavy atom. The summed E-state index contributed by atoms with van der Waals surface area (Å²) in [5.41, 5.74) is 0.609. The lowest BCUT2D eigenvalue weighted by Crippen LogP contribution is -2.29. The Kier molecular flexibility index (Phi) is 5.38. The van der Waals surface area contributed by atoms with Gasteiger partial charge in [-0.3, -0.25) is 0 Å². The molecule has 0 aliphatic carbocycles. The number of halogens is 1. The highest BCUT2D eigenvalue weighted by Gasteiger charge is 2.07. The molecule has 0 saturated carbocycles. The van der Waals surface area contributed by atoms with Crippen LogP contribution in [0.25, 0.3) is 0 Å². The second-order valence-electron chi connectivity index (χ2n) is 4.08. The standard InChI is InChI=1S/C12H19FN2O/c1-15(2)7-6-14-9-12(16)10-4-3-5-11(13)8-10/h3-5,8,12,14,16H,6-7,9H2,1-2H3. The Labute approximate surface area is 95.9 Å². The maximum absolute atomic E-state index is 12.9. The quantitative estimate of drug-likeness (QED) is 0.711. The van der Waals surface area contributed by atoms with Crippen LogP contribution in [0, 0.1) is 5.82 Å². The Hall–Kier alpha value is -0.970. The molecule has 2 N–H and O–H groups in total. The van der Waals surface area contributed by atoms with Gasteiger partial charge in [-0.1, -0.05) is 12.1 Å². The zero-order valence-corrected chi connectivity index (χ0v) is 9.78. The van der Waals surface area contributed by atoms with Crippen LogP contribution < -0.4 is 5.32 Å². The highest BCUT2D eigenvalue weighted by Crippen LogP contribution is 2.12. The zero-order valence-electron chi connectivity index (χ0n) is 9.78. The fourth-order valence-corrected chi connectivity index (χ4v) is 1.37. The molecule has 0 aromatic heterocycles. The van der Waals surface area contributed by atoms with E-state index < -0.39 is 6.10 Å². The number of nitrogens with zero attached hydrogens (tertiary/aromatic N) is 1. The molecule has 1 atom stereocenters. The van der Waals surface area contributed by atoms with Gasteiger partial charge in [-0.25, -0.2) is 4.39 Å². The minimum absolute atomic E-state index is 0.315. The summed E-state index contributed by atoms with van der Waals surface area (Å²) in [7, 11) is 3.98. The molecule has 4 heteroatoms. The van der Waals surface area contributed by atoms with E-state index in [2.05, 4.69) is 10.2 Å². The normalized spacial score (nSPS) is 13.1. The smallest absolute Gasteiger partial charge is 0.123 e. The number of hydrogen-bond donors (Lipinski definition) is 2. The van der Waals surface area contributed by atoms with E-state index in [9.17, 15) is 9.50 Å². The first-order chi connectivity index (χ1) is 7.59. The van der Waals surface area contributed by atoms with Gasteiger partial charge in [0.05, 0.1) is 6.10 Å². The van der Waals surface area contributed by atoms with Crippen LogP contribution >= 0.6 is 0 Å². The van der Waals surface area contributed by atoms with E-state index in [1.165, 1.54) is 12.1 Å². The first-order valence-corrected chi connectivity index (χ1v) is 5.38. The molecule has 0 saturated heterocycles. The van der Waals surface area contributed by atoms with Crippen molar-refractivity contribution in [2.75, 3.05) is 33.7 Å². The molecule has 0 bridgehead atoms. The lowest BCUT2D eigenvalue weighted by Gasteiger charge is -2.14. The maximum Gasteiger partial charge on any atom is 0.123 e. The number of aliphatic hydroxyl groups excluding tert-OH is 1. The Bertz CT molecular complexity index is 318. The average molecular weight is 226 g/mol. The Morgan fingerprint density at radius 1 is 1.44 bits per heavy atom. The molecule has 0 aliphatic heterocycles. The first-order valence-electron chi connectivity index (χ1n) is 5.38. The number of hydrogen-bond acceptors (Lipinski definition) is 3. The molecular weight excluding hydrogens is 207 g/mol. The summed E-state index contributed by atoms with van der Waals surface area (Å²) in [6.45, 7) is 2.16. The lowest BCUT2D eigenvalue weighted by molar-refractivity contribution is 0.173. The van der Waals surface area contributed by atoms with Gasteiger partial charge in [0.25, 0.3) is 0 Å². The van der Waals surface area contributed by atoms with Crippen LogP contribution in [-0.4, -0.2) is 43.7 Å². The van der Waals surface area contributed by atoms with E-state index in [1.807, 2.05) is 14.1 Å². The molecule has 3 nitrogen and oxygen atoms in total. The summed E-state index contributed by atoms with van der Waals surface area (Å²) in [6, 6.07) is 6.06. The maximum atomic E-state index is 12.9. The van der Waals surface area contributed by atoms with Gasteiger partial charge >= 0.3 is 0 Å². The van der Waals surface area contributed by atoms with E-state index in [1.54, 1.807) is 12.1 Å². The largest absolute Gasteiger partial charge is 0.387 e. The zero-order chi connectivity index (χ0) is 12.0. The van der Waals surface area contributed by atoms with E-state index in [0.717, 1.165) is 13.1 Å². The van der Waals surface area contributed by atoms with E-state index in [-0.39, 0.29) is 5.82 Å². The van der Waals surface area contributed by atoms with Crippen molar-refractivity contribution in [3.05, 3.63) is 35.6 Å². The minimum atomic E-state index is -0.655. The van der Waals surface area contributed by atoms with Crippen molar-refractivity contribution in [3.63, 3.8) is 0 Å². The van der Waals surface area contributed by atoms with Crippen molar-refractivity contribution < 1.29 is 9.50 Å². The average Bonchev–Trinajstić information content (AvgIpc) is 2.24. The van der Waals surface area contributed by atoms with Gasteiger partial charge < -0.3 is 15.3 Å². The van der Waals surface area contributed by atoms with Gasteiger partial charge in [0.2, 0.25) is 0 Å². The van der Waals surface area contributed by atoms with Gasteiger partial charge in [-0.15, -0.1) is 0 Å². The van der Waals surface area contributed by atoms with Crippen LogP contribution in [-0.2, 0) is 0 Å². The van der Waals surface area contributed by atoms with Gasteiger partial charge in [0.1, 0.15) is 5.82 Å². The van der Waals surface area contributed by atoms with Crippen LogP contribution in [0.5, 0.6) is 0 Å². The van der Waals surface area contributed by atoms with Gasteiger partial charge in [-0.05, 0) is 31.8 Å². The van der Waals surface area contributed by atoms with E-state index in [4.69, 9.17) is 0 Å². The van der Waals surface area contributed by atoms with Crippen LogP contribution in [0.1, 0.15) is 11.7 Å². The summed E-state index contributed by atoms with van der Waals surface area (Å²) >= 11 is 0. The summed E-state index contributed by atoms with van der Waals surface area (Å²) in [5.74, 6) is -0.315. The number of rotatable bonds is 6. The third-order valence-corrected chi connectivity index (χ3v) is 2.31. The molecule has 0 spiro atoms. The summed E-state index contributed by atoms with van der Waals surface area (Å²) in [4.78, 5) is 2.06. The molecule has 0 aliphatic rings. The molecule has 16 heavy (non-hydrogen) atoms. The fourth-order valence-electron chi connectivity index (χ4n) is 1.37. The van der Waals surface area contributed by atoms with Crippen LogP contribution in [0.4, 0.5) is 4.39 Å². The Morgan fingerprint density at radius 3 is 2.81 bits per heavy atom. The number of likely N-dealkylation sites (N-methyl/N-ethyl adjacent to an activating group) is 1. The van der Waals surface area contributed by atoms with Crippen molar-refractivity contribution >= 4 is 0 Å². The van der Waals surface area contributed by atoms with Crippen LogP contribution in [0.2, 0.25) is 0 Å².